The molecular formula is C20H25N3O. The molecule has 0 unspecified atom stereocenters. The van der Waals surface area contributed by atoms with Crippen molar-refractivity contribution in [3.8, 4) is 0 Å². The van der Waals surface area contributed by atoms with Crippen molar-refractivity contribution in [1.29, 1.82) is 0 Å². The van der Waals surface area contributed by atoms with Gasteiger partial charge in [-0.15, -0.1) is 0 Å². The maximum Gasteiger partial charge on any atom is 0.259 e. The average Bonchev–Trinajstić information content (AvgIpc) is 2.91. The van der Waals surface area contributed by atoms with E-state index in [0.29, 0.717) is 5.56 Å². The number of carbonyl (C=O) groups excluding carboxylic acids is 1. The summed E-state index contributed by atoms with van der Waals surface area (Å²) in [5, 5.41) is 3.07. The van der Waals surface area contributed by atoms with Crippen LogP contribution < -0.4 is 10.2 Å². The molecule has 1 amide bonds. The molecule has 1 saturated heterocycles. The summed E-state index contributed by atoms with van der Waals surface area (Å²) < 4.78 is 0. The molecular weight excluding hydrogens is 298 g/mol. The Labute approximate surface area is 143 Å². The molecule has 0 aliphatic carbocycles. The molecule has 1 aliphatic rings. The first-order chi connectivity index (χ1) is 11.8. The van der Waals surface area contributed by atoms with E-state index < -0.39 is 0 Å². The number of anilines is 2. The third kappa shape index (κ3) is 3.75. The van der Waals surface area contributed by atoms with Gasteiger partial charge in [0.1, 0.15) is 5.82 Å². The number of carbonyl (C=O) groups is 1. The fourth-order valence-electron chi connectivity index (χ4n) is 3.25. The standard InChI is InChI=1S/C20H25N3O/c1-2-16-10-5-6-12-18(16)22-20(24)17-11-9-13-21-19(17)23-14-7-3-4-8-15-23/h5-6,9-13H,2-4,7-8,14-15H2,1H3,(H,22,24). The number of aromatic nitrogens is 1. The largest absolute Gasteiger partial charge is 0.356 e. The van der Waals surface area contributed by atoms with Gasteiger partial charge in [0, 0.05) is 25.0 Å². The van der Waals surface area contributed by atoms with Crippen LogP contribution in [0.4, 0.5) is 11.5 Å². The number of para-hydroxylation sites is 1. The Hall–Kier alpha value is -2.36. The average molecular weight is 323 g/mol. The molecule has 1 N–H and O–H groups in total. The van der Waals surface area contributed by atoms with Gasteiger partial charge in [0.15, 0.2) is 0 Å². The van der Waals surface area contributed by atoms with E-state index >= 15 is 0 Å². The van der Waals surface area contributed by atoms with Crippen LogP contribution >= 0.6 is 0 Å². The zero-order chi connectivity index (χ0) is 16.8. The van der Waals surface area contributed by atoms with Gasteiger partial charge in [0.2, 0.25) is 0 Å². The number of nitrogens with one attached hydrogen (secondary N) is 1. The fraction of sp³-hybridized carbons (Fsp3) is 0.400. The highest BCUT2D eigenvalue weighted by Gasteiger charge is 2.19. The van der Waals surface area contributed by atoms with Crippen LogP contribution in [-0.2, 0) is 6.42 Å². The highest BCUT2D eigenvalue weighted by molar-refractivity contribution is 6.07. The number of hydrogen-bond donors (Lipinski definition) is 1. The van der Waals surface area contributed by atoms with E-state index in [-0.39, 0.29) is 5.91 Å². The molecule has 24 heavy (non-hydrogen) atoms. The minimum atomic E-state index is -0.0803. The summed E-state index contributed by atoms with van der Waals surface area (Å²) >= 11 is 0. The van der Waals surface area contributed by atoms with Crippen molar-refractivity contribution in [1.82, 2.24) is 4.98 Å². The maximum atomic E-state index is 12.9. The van der Waals surface area contributed by atoms with E-state index in [2.05, 4.69) is 28.2 Å². The Kier molecular flexibility index (Phi) is 5.47. The Morgan fingerprint density at radius 1 is 1.08 bits per heavy atom. The normalized spacial score (nSPS) is 15.0. The zero-order valence-electron chi connectivity index (χ0n) is 14.3. The van der Waals surface area contributed by atoms with E-state index in [9.17, 15) is 4.79 Å². The van der Waals surface area contributed by atoms with Crippen molar-refractivity contribution in [2.24, 2.45) is 0 Å². The number of benzene rings is 1. The van der Waals surface area contributed by atoms with Crippen LogP contribution in [0, 0.1) is 0 Å². The SMILES string of the molecule is CCc1ccccc1NC(=O)c1cccnc1N1CCCCCC1. The molecule has 0 saturated carbocycles. The second-order valence-electron chi connectivity index (χ2n) is 6.24. The van der Waals surface area contributed by atoms with Crippen molar-refractivity contribution in [3.63, 3.8) is 0 Å². The minimum Gasteiger partial charge on any atom is -0.356 e. The number of hydrogen-bond acceptors (Lipinski definition) is 3. The molecule has 1 aliphatic heterocycles. The van der Waals surface area contributed by atoms with Gasteiger partial charge in [-0.25, -0.2) is 4.98 Å². The van der Waals surface area contributed by atoms with Crippen molar-refractivity contribution in [2.75, 3.05) is 23.3 Å². The Morgan fingerprint density at radius 2 is 1.83 bits per heavy atom. The van der Waals surface area contributed by atoms with E-state index in [1.807, 2.05) is 30.3 Å². The Bertz CT molecular complexity index is 691. The smallest absolute Gasteiger partial charge is 0.259 e. The fourth-order valence-corrected chi connectivity index (χ4v) is 3.25. The van der Waals surface area contributed by atoms with E-state index in [1.165, 1.54) is 12.8 Å². The number of aryl methyl sites for hydroxylation is 1. The summed E-state index contributed by atoms with van der Waals surface area (Å²) in [5.74, 6) is 0.731. The topological polar surface area (TPSA) is 45.2 Å². The summed E-state index contributed by atoms with van der Waals surface area (Å²) in [6.07, 6.45) is 7.51. The van der Waals surface area contributed by atoms with Crippen LogP contribution in [0.25, 0.3) is 0 Å². The highest BCUT2D eigenvalue weighted by atomic mass is 16.1. The molecule has 3 rings (SSSR count). The monoisotopic (exact) mass is 323 g/mol. The summed E-state index contributed by atoms with van der Waals surface area (Å²) in [5.41, 5.74) is 2.69. The summed E-state index contributed by atoms with van der Waals surface area (Å²) in [6, 6.07) is 11.7. The van der Waals surface area contributed by atoms with E-state index in [1.54, 1.807) is 6.20 Å². The summed E-state index contributed by atoms with van der Waals surface area (Å²) in [6.45, 7) is 4.05. The zero-order valence-corrected chi connectivity index (χ0v) is 14.3. The van der Waals surface area contributed by atoms with Gasteiger partial charge >= 0.3 is 0 Å². The van der Waals surface area contributed by atoms with Crippen molar-refractivity contribution < 1.29 is 4.79 Å². The van der Waals surface area contributed by atoms with E-state index in [0.717, 1.165) is 49.4 Å². The molecule has 4 nitrogen and oxygen atoms in total. The molecule has 0 bridgehead atoms. The lowest BCUT2D eigenvalue weighted by atomic mass is 10.1. The second kappa shape index (κ2) is 7.95. The van der Waals surface area contributed by atoms with Gasteiger partial charge < -0.3 is 10.2 Å². The predicted molar refractivity (Wildman–Crippen MR) is 98.7 cm³/mol. The molecule has 2 aromatic rings. The molecule has 2 heterocycles. The van der Waals surface area contributed by atoms with Gasteiger partial charge in [-0.05, 0) is 43.0 Å². The highest BCUT2D eigenvalue weighted by Crippen LogP contribution is 2.23. The molecule has 1 aromatic carbocycles. The van der Waals surface area contributed by atoms with Gasteiger partial charge in [0.05, 0.1) is 5.56 Å². The van der Waals surface area contributed by atoms with Crippen molar-refractivity contribution >= 4 is 17.4 Å². The van der Waals surface area contributed by atoms with Gasteiger partial charge in [-0.3, -0.25) is 4.79 Å². The molecule has 0 radical (unpaired) electrons. The lowest BCUT2D eigenvalue weighted by Crippen LogP contribution is -2.28. The molecule has 0 spiro atoms. The Balaban J connectivity index is 1.84. The Morgan fingerprint density at radius 3 is 2.58 bits per heavy atom. The van der Waals surface area contributed by atoms with E-state index in [4.69, 9.17) is 0 Å². The van der Waals surface area contributed by atoms with Crippen LogP contribution in [0.5, 0.6) is 0 Å². The van der Waals surface area contributed by atoms with Crippen LogP contribution in [-0.4, -0.2) is 24.0 Å². The minimum absolute atomic E-state index is 0.0803. The molecule has 0 atom stereocenters. The van der Waals surface area contributed by atoms with Crippen LogP contribution in [0.3, 0.4) is 0 Å². The third-order valence-corrected chi connectivity index (χ3v) is 4.58. The molecule has 126 valence electrons. The quantitative estimate of drug-likeness (QED) is 0.913. The molecule has 1 aromatic heterocycles. The predicted octanol–water partition coefficient (Wildman–Crippen LogP) is 4.28. The van der Waals surface area contributed by atoms with Crippen LogP contribution in [0.1, 0.15) is 48.5 Å². The first-order valence-electron chi connectivity index (χ1n) is 8.89. The lowest BCUT2D eigenvalue weighted by Gasteiger charge is -2.23. The number of amides is 1. The number of rotatable bonds is 4. The third-order valence-electron chi connectivity index (χ3n) is 4.58. The van der Waals surface area contributed by atoms with Crippen molar-refractivity contribution in [3.05, 3.63) is 53.7 Å². The van der Waals surface area contributed by atoms with Gasteiger partial charge in [0.25, 0.3) is 5.91 Å². The van der Waals surface area contributed by atoms with Gasteiger partial charge in [-0.1, -0.05) is 38.0 Å². The molecule has 1 fully saturated rings. The number of pyridine rings is 1. The lowest BCUT2D eigenvalue weighted by molar-refractivity contribution is 0.102. The number of nitrogens with zero attached hydrogens (tertiary/aromatic N) is 2. The van der Waals surface area contributed by atoms with Crippen LogP contribution in [0.15, 0.2) is 42.6 Å². The van der Waals surface area contributed by atoms with Crippen LogP contribution in [0.2, 0.25) is 0 Å². The van der Waals surface area contributed by atoms with Gasteiger partial charge in [-0.2, -0.15) is 0 Å². The first kappa shape index (κ1) is 16.5. The second-order valence-corrected chi connectivity index (χ2v) is 6.24. The van der Waals surface area contributed by atoms with Crippen molar-refractivity contribution in [2.45, 2.75) is 39.0 Å². The molecule has 4 heteroatoms. The summed E-state index contributed by atoms with van der Waals surface area (Å²) in [7, 11) is 0. The maximum absolute atomic E-state index is 12.9. The first-order valence-corrected chi connectivity index (χ1v) is 8.89. The summed E-state index contributed by atoms with van der Waals surface area (Å²) in [4.78, 5) is 19.6.